The first-order valence-electron chi connectivity index (χ1n) is 5.46. The van der Waals surface area contributed by atoms with Crippen molar-refractivity contribution in [3.05, 3.63) is 18.0 Å². The Morgan fingerprint density at radius 3 is 2.39 bits per heavy atom. The van der Waals surface area contributed by atoms with E-state index in [1.807, 2.05) is 13.8 Å². The van der Waals surface area contributed by atoms with Gasteiger partial charge in [-0.1, -0.05) is 0 Å². The van der Waals surface area contributed by atoms with Gasteiger partial charge in [0.1, 0.15) is 0 Å². The van der Waals surface area contributed by atoms with Crippen molar-refractivity contribution >= 4 is 17.8 Å². The van der Waals surface area contributed by atoms with Gasteiger partial charge in [-0.25, -0.2) is 14.8 Å². The van der Waals surface area contributed by atoms with Gasteiger partial charge in [0, 0.05) is 25.5 Å². The van der Waals surface area contributed by atoms with Crippen LogP contribution >= 0.6 is 0 Å². The topological polar surface area (TPSA) is 95.4 Å². The van der Waals surface area contributed by atoms with Crippen LogP contribution in [0.25, 0.3) is 0 Å². The lowest BCUT2D eigenvalue weighted by molar-refractivity contribution is -0.120. The van der Waals surface area contributed by atoms with Crippen LogP contribution in [0.2, 0.25) is 0 Å². The van der Waals surface area contributed by atoms with Crippen LogP contribution < -0.4 is 10.2 Å². The minimum atomic E-state index is -1.08. The summed E-state index contributed by atoms with van der Waals surface area (Å²) in [5, 5.41) is 11.4. The normalized spacial score (nSPS) is 10.2. The summed E-state index contributed by atoms with van der Waals surface area (Å²) in [6.45, 7) is 3.86. The molecule has 1 rings (SSSR count). The lowest BCUT2D eigenvalue weighted by Crippen LogP contribution is -2.39. The van der Waals surface area contributed by atoms with Crippen molar-refractivity contribution in [1.29, 1.82) is 0 Å². The number of carbonyl (C=O) groups is 2. The molecule has 0 fully saturated rings. The Kier molecular flexibility index (Phi) is 4.59. The van der Waals surface area contributed by atoms with E-state index in [9.17, 15) is 9.59 Å². The fourth-order valence-corrected chi connectivity index (χ4v) is 1.28. The summed E-state index contributed by atoms with van der Waals surface area (Å²) in [4.78, 5) is 31.5. The first-order valence-corrected chi connectivity index (χ1v) is 5.46. The zero-order valence-corrected chi connectivity index (χ0v) is 10.5. The number of hydrogen-bond acceptors (Lipinski definition) is 5. The van der Waals surface area contributed by atoms with Gasteiger partial charge in [0.2, 0.25) is 11.9 Å². The molecule has 7 nitrogen and oxygen atoms in total. The first kappa shape index (κ1) is 13.9. The third kappa shape index (κ3) is 4.00. The quantitative estimate of drug-likeness (QED) is 0.773. The molecule has 1 amide bonds. The molecule has 1 aromatic heterocycles. The Morgan fingerprint density at radius 2 is 1.94 bits per heavy atom. The Hall–Kier alpha value is -2.18. The minimum Gasteiger partial charge on any atom is -0.478 e. The fourth-order valence-electron chi connectivity index (χ4n) is 1.28. The third-order valence-electron chi connectivity index (χ3n) is 2.06. The third-order valence-corrected chi connectivity index (χ3v) is 2.06. The van der Waals surface area contributed by atoms with E-state index < -0.39 is 5.97 Å². The van der Waals surface area contributed by atoms with Gasteiger partial charge in [0.05, 0.1) is 12.1 Å². The van der Waals surface area contributed by atoms with Crippen LogP contribution in [0.15, 0.2) is 12.4 Å². The Morgan fingerprint density at radius 1 is 1.39 bits per heavy atom. The number of carbonyl (C=O) groups excluding carboxylic acids is 1. The van der Waals surface area contributed by atoms with Gasteiger partial charge in [-0.3, -0.25) is 4.79 Å². The molecule has 0 radical (unpaired) electrons. The molecule has 0 bridgehead atoms. The highest BCUT2D eigenvalue weighted by Crippen LogP contribution is 2.04. The van der Waals surface area contributed by atoms with Crippen LogP contribution in [-0.2, 0) is 4.79 Å². The van der Waals surface area contributed by atoms with Gasteiger partial charge >= 0.3 is 5.97 Å². The molecular formula is C11H16N4O3. The van der Waals surface area contributed by atoms with Crippen LogP contribution in [-0.4, -0.2) is 46.6 Å². The Balaban J connectivity index is 2.64. The standard InChI is InChI=1S/C11H16N4O3/c1-7(2)14-9(16)6-15(3)11-12-4-8(5-13-11)10(17)18/h4-5,7H,6H2,1-3H3,(H,14,16)(H,17,18). The van der Waals surface area contributed by atoms with E-state index in [1.165, 1.54) is 12.4 Å². The summed E-state index contributed by atoms with van der Waals surface area (Å²) in [6.07, 6.45) is 2.42. The zero-order valence-electron chi connectivity index (χ0n) is 10.5. The molecule has 1 aromatic rings. The van der Waals surface area contributed by atoms with E-state index in [1.54, 1.807) is 11.9 Å². The molecule has 98 valence electrons. The molecule has 0 aliphatic carbocycles. The number of likely N-dealkylation sites (N-methyl/N-ethyl adjacent to an activating group) is 1. The fraction of sp³-hybridized carbons (Fsp3) is 0.455. The van der Waals surface area contributed by atoms with Gasteiger partial charge in [0.15, 0.2) is 0 Å². The van der Waals surface area contributed by atoms with Gasteiger partial charge in [-0.2, -0.15) is 0 Å². The summed E-state index contributed by atoms with van der Waals surface area (Å²) in [6, 6.07) is 0.0706. The smallest absolute Gasteiger partial charge is 0.338 e. The number of nitrogens with zero attached hydrogens (tertiary/aromatic N) is 3. The van der Waals surface area contributed by atoms with Gasteiger partial charge in [-0.05, 0) is 13.8 Å². The van der Waals surface area contributed by atoms with Crippen LogP contribution in [0.3, 0.4) is 0 Å². The van der Waals surface area contributed by atoms with Crippen LogP contribution in [0.4, 0.5) is 5.95 Å². The second kappa shape index (κ2) is 5.95. The predicted molar refractivity (Wildman–Crippen MR) is 65.5 cm³/mol. The van der Waals surface area contributed by atoms with Crippen LogP contribution in [0.1, 0.15) is 24.2 Å². The molecule has 7 heteroatoms. The molecule has 1 heterocycles. The molecule has 0 aliphatic rings. The maximum absolute atomic E-state index is 11.5. The van der Waals surface area contributed by atoms with Gasteiger partial charge < -0.3 is 15.3 Å². The van der Waals surface area contributed by atoms with Crippen molar-refractivity contribution in [1.82, 2.24) is 15.3 Å². The molecule has 0 aliphatic heterocycles. The minimum absolute atomic E-state index is 0.0128. The molecule has 0 unspecified atom stereocenters. The number of hydrogen-bond donors (Lipinski definition) is 2. The summed E-state index contributed by atoms with van der Waals surface area (Å²) < 4.78 is 0. The Labute approximate surface area is 105 Å². The Bertz CT molecular complexity index is 430. The molecule has 0 atom stereocenters. The lowest BCUT2D eigenvalue weighted by atomic mass is 10.3. The predicted octanol–water partition coefficient (Wildman–Crippen LogP) is 0.136. The van der Waals surface area contributed by atoms with Crippen molar-refractivity contribution in [2.45, 2.75) is 19.9 Å². The summed E-state index contributed by atoms with van der Waals surface area (Å²) in [5.74, 6) is -0.918. The highest BCUT2D eigenvalue weighted by molar-refractivity contribution is 5.87. The van der Waals surface area contributed by atoms with Crippen molar-refractivity contribution in [2.24, 2.45) is 0 Å². The van der Waals surface area contributed by atoms with E-state index in [2.05, 4.69) is 15.3 Å². The average molecular weight is 252 g/mol. The molecule has 0 saturated carbocycles. The molecule has 0 spiro atoms. The number of carboxylic acid groups (broad SMARTS) is 1. The molecular weight excluding hydrogens is 236 g/mol. The van der Waals surface area contributed by atoms with Crippen molar-refractivity contribution < 1.29 is 14.7 Å². The molecule has 0 saturated heterocycles. The van der Waals surface area contributed by atoms with E-state index >= 15 is 0 Å². The molecule has 0 aromatic carbocycles. The largest absolute Gasteiger partial charge is 0.478 e. The summed E-state index contributed by atoms with van der Waals surface area (Å²) in [5.41, 5.74) is 0.0128. The highest BCUT2D eigenvalue weighted by Gasteiger charge is 2.11. The molecule has 2 N–H and O–H groups in total. The average Bonchev–Trinajstić information content (AvgIpc) is 2.27. The number of amides is 1. The second-order valence-corrected chi connectivity index (χ2v) is 4.16. The van der Waals surface area contributed by atoms with Gasteiger partial charge in [-0.15, -0.1) is 0 Å². The monoisotopic (exact) mass is 252 g/mol. The number of carboxylic acids is 1. The zero-order chi connectivity index (χ0) is 13.7. The number of aromatic carboxylic acids is 1. The van der Waals surface area contributed by atoms with Crippen molar-refractivity contribution in [2.75, 3.05) is 18.5 Å². The lowest BCUT2D eigenvalue weighted by Gasteiger charge is -2.17. The van der Waals surface area contributed by atoms with E-state index in [-0.39, 0.29) is 24.1 Å². The summed E-state index contributed by atoms with van der Waals surface area (Å²) >= 11 is 0. The van der Waals surface area contributed by atoms with Crippen LogP contribution in [0, 0.1) is 0 Å². The number of rotatable bonds is 5. The summed E-state index contributed by atoms with van der Waals surface area (Å²) in [7, 11) is 1.66. The number of nitrogens with one attached hydrogen (secondary N) is 1. The van der Waals surface area contributed by atoms with E-state index in [0.29, 0.717) is 5.95 Å². The maximum atomic E-state index is 11.5. The molecule has 18 heavy (non-hydrogen) atoms. The first-order chi connectivity index (χ1) is 8.40. The van der Waals surface area contributed by atoms with E-state index in [4.69, 9.17) is 5.11 Å². The maximum Gasteiger partial charge on any atom is 0.338 e. The van der Waals surface area contributed by atoms with Crippen molar-refractivity contribution in [3.8, 4) is 0 Å². The number of aromatic nitrogens is 2. The number of anilines is 1. The SMILES string of the molecule is CC(C)NC(=O)CN(C)c1ncc(C(=O)O)cn1. The highest BCUT2D eigenvalue weighted by atomic mass is 16.4. The van der Waals surface area contributed by atoms with Crippen LogP contribution in [0.5, 0.6) is 0 Å². The van der Waals surface area contributed by atoms with E-state index in [0.717, 1.165) is 0 Å². The second-order valence-electron chi connectivity index (χ2n) is 4.16. The van der Waals surface area contributed by atoms with Gasteiger partial charge in [0.25, 0.3) is 0 Å². The van der Waals surface area contributed by atoms with Crippen molar-refractivity contribution in [3.63, 3.8) is 0 Å².